The lowest BCUT2D eigenvalue weighted by molar-refractivity contribution is -0.134. The van der Waals surface area contributed by atoms with E-state index in [4.69, 9.17) is 4.42 Å². The van der Waals surface area contributed by atoms with Crippen molar-refractivity contribution in [1.29, 1.82) is 0 Å². The third kappa shape index (κ3) is 3.97. The molecule has 19 heavy (non-hydrogen) atoms. The van der Waals surface area contributed by atoms with Crippen LogP contribution in [-0.4, -0.2) is 37.3 Å². The number of methoxy groups -OCH3 is 2. The predicted molar refractivity (Wildman–Crippen MR) is 53.6 cm³/mol. The molecule has 0 bridgehead atoms. The molecule has 0 atom stereocenters. The fourth-order valence-electron chi connectivity index (χ4n) is 1.19. The standard InChI is InChI=1S/C10H10F3NO5/c1-17-8(15)6-7(9(16)18-2)19-5(14-6)3-4-10(11,12)13/h3-4H2,1-2H3. The number of carbonyl (C=O) groups excluding carboxylic acids is 2. The first-order valence-electron chi connectivity index (χ1n) is 5.01. The van der Waals surface area contributed by atoms with Crippen LogP contribution in [0.4, 0.5) is 13.2 Å². The third-order valence-electron chi connectivity index (χ3n) is 2.04. The Balaban J connectivity index is 3.00. The van der Waals surface area contributed by atoms with E-state index < -0.39 is 48.3 Å². The predicted octanol–water partition coefficient (Wildman–Crippen LogP) is 1.74. The van der Waals surface area contributed by atoms with Crippen molar-refractivity contribution < 1.29 is 36.7 Å². The van der Waals surface area contributed by atoms with Gasteiger partial charge >= 0.3 is 18.1 Å². The normalized spacial score (nSPS) is 11.2. The van der Waals surface area contributed by atoms with Gasteiger partial charge in [-0.05, 0) is 0 Å². The van der Waals surface area contributed by atoms with Gasteiger partial charge in [-0.1, -0.05) is 0 Å². The number of alkyl halides is 3. The van der Waals surface area contributed by atoms with Crippen LogP contribution in [0.2, 0.25) is 0 Å². The summed E-state index contributed by atoms with van der Waals surface area (Å²) < 4.78 is 49.6. The first-order chi connectivity index (χ1) is 8.78. The van der Waals surface area contributed by atoms with Gasteiger partial charge in [-0.2, -0.15) is 13.2 Å². The fourth-order valence-corrected chi connectivity index (χ4v) is 1.19. The van der Waals surface area contributed by atoms with Crippen molar-refractivity contribution >= 4 is 11.9 Å². The summed E-state index contributed by atoms with van der Waals surface area (Å²) >= 11 is 0. The van der Waals surface area contributed by atoms with E-state index in [0.29, 0.717) is 0 Å². The van der Waals surface area contributed by atoms with E-state index in [0.717, 1.165) is 14.2 Å². The summed E-state index contributed by atoms with van der Waals surface area (Å²) in [7, 11) is 2.06. The van der Waals surface area contributed by atoms with Crippen molar-refractivity contribution in [1.82, 2.24) is 4.98 Å². The SMILES string of the molecule is COC(=O)c1nc(CCC(F)(F)F)oc1C(=O)OC. The van der Waals surface area contributed by atoms with E-state index in [1.807, 2.05) is 0 Å². The minimum absolute atomic E-state index is 0.391. The number of esters is 2. The van der Waals surface area contributed by atoms with Crippen molar-refractivity contribution in [3.05, 3.63) is 17.3 Å². The molecule has 0 amide bonds. The number of nitrogens with zero attached hydrogens (tertiary/aromatic N) is 1. The van der Waals surface area contributed by atoms with Gasteiger partial charge in [0.05, 0.1) is 20.6 Å². The highest BCUT2D eigenvalue weighted by atomic mass is 19.4. The molecular formula is C10H10F3NO5. The molecule has 0 spiro atoms. The van der Waals surface area contributed by atoms with E-state index in [2.05, 4.69) is 14.5 Å². The molecule has 0 unspecified atom stereocenters. The van der Waals surface area contributed by atoms with E-state index in [-0.39, 0.29) is 0 Å². The zero-order valence-corrected chi connectivity index (χ0v) is 10.0. The quantitative estimate of drug-likeness (QED) is 0.782. The Hall–Kier alpha value is -2.06. The van der Waals surface area contributed by atoms with E-state index in [1.54, 1.807) is 0 Å². The second kappa shape index (κ2) is 5.72. The van der Waals surface area contributed by atoms with E-state index >= 15 is 0 Å². The second-order valence-corrected chi connectivity index (χ2v) is 3.38. The van der Waals surface area contributed by atoms with Gasteiger partial charge in [0.2, 0.25) is 11.5 Å². The Labute approximate surface area is 105 Å². The highest BCUT2D eigenvalue weighted by Crippen LogP contribution is 2.23. The number of aromatic nitrogens is 1. The van der Waals surface area contributed by atoms with Crippen LogP contribution in [0.1, 0.15) is 33.4 Å². The molecule has 0 radical (unpaired) electrons. The van der Waals surface area contributed by atoms with Gasteiger partial charge in [-0.3, -0.25) is 0 Å². The van der Waals surface area contributed by atoms with Gasteiger partial charge in [-0.15, -0.1) is 0 Å². The van der Waals surface area contributed by atoms with Crippen molar-refractivity contribution in [3.63, 3.8) is 0 Å². The molecule has 0 aromatic carbocycles. The summed E-state index contributed by atoms with van der Waals surface area (Å²) in [5, 5.41) is 0. The third-order valence-corrected chi connectivity index (χ3v) is 2.04. The van der Waals surface area contributed by atoms with E-state index in [1.165, 1.54) is 0 Å². The average molecular weight is 281 g/mol. The van der Waals surface area contributed by atoms with Crippen LogP contribution < -0.4 is 0 Å². The van der Waals surface area contributed by atoms with Gasteiger partial charge in [0.25, 0.3) is 0 Å². The molecule has 1 heterocycles. The molecule has 0 aliphatic carbocycles. The van der Waals surface area contributed by atoms with Crippen LogP contribution in [0, 0.1) is 0 Å². The lowest BCUT2D eigenvalue weighted by Crippen LogP contribution is -2.10. The monoisotopic (exact) mass is 281 g/mol. The lowest BCUT2D eigenvalue weighted by Gasteiger charge is -2.02. The van der Waals surface area contributed by atoms with Gasteiger partial charge in [0.15, 0.2) is 5.89 Å². The Morgan fingerprint density at radius 2 is 1.79 bits per heavy atom. The minimum Gasteiger partial charge on any atom is -0.464 e. The summed E-state index contributed by atoms with van der Waals surface area (Å²) in [5.74, 6) is -2.99. The average Bonchev–Trinajstić information content (AvgIpc) is 2.77. The summed E-state index contributed by atoms with van der Waals surface area (Å²) in [6.45, 7) is 0. The van der Waals surface area contributed by atoms with Crippen molar-refractivity contribution in [2.24, 2.45) is 0 Å². The molecule has 0 fully saturated rings. The van der Waals surface area contributed by atoms with Gasteiger partial charge in [0, 0.05) is 6.42 Å². The molecule has 1 aromatic rings. The largest absolute Gasteiger partial charge is 0.464 e. The minimum atomic E-state index is -4.40. The zero-order chi connectivity index (χ0) is 14.6. The van der Waals surface area contributed by atoms with Gasteiger partial charge in [-0.25, -0.2) is 14.6 Å². The molecule has 1 rings (SSSR count). The number of rotatable bonds is 4. The van der Waals surface area contributed by atoms with Crippen LogP contribution in [0.25, 0.3) is 0 Å². The molecule has 1 aromatic heterocycles. The number of oxazole rings is 1. The molecule has 0 aliphatic heterocycles. The highest BCUT2D eigenvalue weighted by molar-refractivity contribution is 5.99. The van der Waals surface area contributed by atoms with Crippen molar-refractivity contribution in [2.45, 2.75) is 19.0 Å². The maximum absolute atomic E-state index is 12.0. The summed E-state index contributed by atoms with van der Waals surface area (Å²) in [6.07, 6.45) is -6.18. The molecule has 0 N–H and O–H groups in total. The topological polar surface area (TPSA) is 78.6 Å². The Bertz CT molecular complexity index is 446. The van der Waals surface area contributed by atoms with E-state index in [9.17, 15) is 22.8 Å². The maximum Gasteiger partial charge on any atom is 0.389 e. The Kier molecular flexibility index (Phi) is 4.52. The maximum atomic E-state index is 12.0. The fraction of sp³-hybridized carbons (Fsp3) is 0.500. The summed E-state index contributed by atoms with van der Waals surface area (Å²) in [6, 6.07) is 0. The molecule has 106 valence electrons. The van der Waals surface area contributed by atoms with Crippen LogP contribution in [-0.2, 0) is 15.9 Å². The van der Waals surface area contributed by atoms with Crippen LogP contribution >= 0.6 is 0 Å². The molecule has 0 aliphatic rings. The van der Waals surface area contributed by atoms with Crippen LogP contribution in [0.15, 0.2) is 4.42 Å². The molecule has 9 heteroatoms. The second-order valence-electron chi connectivity index (χ2n) is 3.38. The number of hydrogen-bond acceptors (Lipinski definition) is 6. The number of aryl methyl sites for hydroxylation is 1. The molecule has 6 nitrogen and oxygen atoms in total. The Morgan fingerprint density at radius 3 is 2.26 bits per heavy atom. The Morgan fingerprint density at radius 1 is 1.21 bits per heavy atom. The summed E-state index contributed by atoms with van der Waals surface area (Å²) in [5.41, 5.74) is -0.508. The smallest absolute Gasteiger partial charge is 0.389 e. The van der Waals surface area contributed by atoms with Gasteiger partial charge < -0.3 is 13.9 Å². The van der Waals surface area contributed by atoms with Crippen molar-refractivity contribution in [2.75, 3.05) is 14.2 Å². The lowest BCUT2D eigenvalue weighted by atomic mass is 10.3. The van der Waals surface area contributed by atoms with Crippen molar-refractivity contribution in [3.8, 4) is 0 Å². The number of carbonyl (C=O) groups is 2. The molecule has 0 saturated heterocycles. The first kappa shape index (κ1) is 15.0. The zero-order valence-electron chi connectivity index (χ0n) is 10.0. The highest BCUT2D eigenvalue weighted by Gasteiger charge is 2.31. The number of halogens is 3. The molecular weight excluding hydrogens is 271 g/mol. The number of ether oxygens (including phenoxy) is 2. The van der Waals surface area contributed by atoms with Gasteiger partial charge in [0.1, 0.15) is 0 Å². The van der Waals surface area contributed by atoms with Crippen LogP contribution in [0.3, 0.4) is 0 Å². The number of hydrogen-bond donors (Lipinski definition) is 0. The summed E-state index contributed by atoms with van der Waals surface area (Å²) in [4.78, 5) is 26.1. The first-order valence-corrected chi connectivity index (χ1v) is 5.01. The molecule has 0 saturated carbocycles. The van der Waals surface area contributed by atoms with Crippen LogP contribution in [0.5, 0.6) is 0 Å².